The molecular weight excluding hydrogens is 626 g/mol. The molecule has 0 atom stereocenters. The summed E-state index contributed by atoms with van der Waals surface area (Å²) in [5, 5.41) is 5.53. The van der Waals surface area contributed by atoms with Crippen molar-refractivity contribution in [3.05, 3.63) is 169 Å². The summed E-state index contributed by atoms with van der Waals surface area (Å²) in [6, 6.07) is 49.1. The van der Waals surface area contributed by atoms with Gasteiger partial charge in [-0.1, -0.05) is 109 Å². The van der Waals surface area contributed by atoms with Crippen molar-refractivity contribution in [1.82, 2.24) is 9.55 Å². The summed E-state index contributed by atoms with van der Waals surface area (Å²) in [4.78, 5) is 4.73. The predicted octanol–water partition coefficient (Wildman–Crippen LogP) is 12.8. The molecule has 7 aromatic carbocycles. The number of aryl methyl sites for hydroxylation is 1. The van der Waals surface area contributed by atoms with Crippen molar-refractivity contribution in [1.29, 1.82) is 0 Å². The zero-order valence-corrected chi connectivity index (χ0v) is 27.0. The summed E-state index contributed by atoms with van der Waals surface area (Å²) in [6.07, 6.45) is -2.64. The number of halogens is 3. The minimum Gasteiger partial charge on any atom is -0.294 e. The third-order valence-corrected chi connectivity index (χ3v) is 9.80. The highest BCUT2D eigenvalue weighted by Crippen LogP contribution is 2.45. The van der Waals surface area contributed by atoms with E-state index in [2.05, 4.69) is 72.2 Å². The molecule has 0 aliphatic carbocycles. The van der Waals surface area contributed by atoms with Crippen molar-refractivity contribution < 1.29 is 13.2 Å². The van der Waals surface area contributed by atoms with Crippen LogP contribution in [0.3, 0.4) is 0 Å². The van der Waals surface area contributed by atoms with E-state index in [0.29, 0.717) is 5.39 Å². The van der Waals surface area contributed by atoms with Gasteiger partial charge in [-0.2, -0.15) is 13.2 Å². The lowest BCUT2D eigenvalue weighted by Crippen LogP contribution is -2.04. The Labute approximate surface area is 286 Å². The lowest BCUT2D eigenvalue weighted by molar-refractivity contribution is -0.137. The van der Waals surface area contributed by atoms with E-state index in [4.69, 9.17) is 4.98 Å². The number of benzene rings is 7. The molecule has 0 saturated heterocycles. The summed E-state index contributed by atoms with van der Waals surface area (Å²) in [7, 11) is 0. The first-order chi connectivity index (χ1) is 24.4. The van der Waals surface area contributed by atoms with Crippen LogP contribution in [0, 0.1) is 6.92 Å². The van der Waals surface area contributed by atoms with E-state index in [1.807, 2.05) is 79.0 Å². The Kier molecular flexibility index (Phi) is 6.85. The van der Waals surface area contributed by atoms with Crippen molar-refractivity contribution in [2.75, 3.05) is 0 Å². The minimum atomic E-state index is -4.47. The molecule has 5 heteroatoms. The van der Waals surface area contributed by atoms with Gasteiger partial charge in [-0.25, -0.2) is 4.98 Å². The molecule has 0 spiro atoms. The molecule has 2 heterocycles. The maximum atomic E-state index is 14.1. The van der Waals surface area contributed by atoms with Gasteiger partial charge in [0, 0.05) is 22.7 Å². The maximum Gasteiger partial charge on any atom is 0.416 e. The topological polar surface area (TPSA) is 17.8 Å². The fourth-order valence-electron chi connectivity index (χ4n) is 7.57. The largest absolute Gasteiger partial charge is 0.416 e. The van der Waals surface area contributed by atoms with Crippen LogP contribution in [0.2, 0.25) is 0 Å². The van der Waals surface area contributed by atoms with Gasteiger partial charge in [-0.3, -0.25) is 4.57 Å². The van der Waals surface area contributed by atoms with E-state index < -0.39 is 11.7 Å². The van der Waals surface area contributed by atoms with Gasteiger partial charge in [0.2, 0.25) is 0 Å². The second-order valence-corrected chi connectivity index (χ2v) is 12.7. The molecule has 0 aliphatic heterocycles. The Morgan fingerprint density at radius 1 is 0.500 bits per heavy atom. The van der Waals surface area contributed by atoms with Crippen LogP contribution < -0.4 is 0 Å². The van der Waals surface area contributed by atoms with Crippen molar-refractivity contribution in [3.63, 3.8) is 0 Å². The van der Waals surface area contributed by atoms with Crippen LogP contribution >= 0.6 is 0 Å². The zero-order chi connectivity index (χ0) is 34.0. The molecule has 0 aliphatic rings. The number of hydrogen-bond acceptors (Lipinski definition) is 1. The zero-order valence-electron chi connectivity index (χ0n) is 27.0. The molecule has 0 saturated carbocycles. The Balaban J connectivity index is 1.19. The lowest BCUT2D eigenvalue weighted by Gasteiger charge is -2.19. The van der Waals surface area contributed by atoms with Crippen LogP contribution in [0.5, 0.6) is 0 Å². The quantitative estimate of drug-likeness (QED) is 0.173. The molecule has 2 aromatic heterocycles. The van der Waals surface area contributed by atoms with Crippen molar-refractivity contribution in [2.24, 2.45) is 0 Å². The van der Waals surface area contributed by atoms with Gasteiger partial charge in [0.05, 0.1) is 11.1 Å². The van der Waals surface area contributed by atoms with Crippen LogP contribution in [0.4, 0.5) is 13.2 Å². The van der Waals surface area contributed by atoms with E-state index in [9.17, 15) is 13.2 Å². The molecule has 0 bridgehead atoms. The van der Waals surface area contributed by atoms with Gasteiger partial charge in [0.15, 0.2) is 0 Å². The van der Waals surface area contributed by atoms with Crippen molar-refractivity contribution in [3.8, 4) is 39.1 Å². The van der Waals surface area contributed by atoms with Gasteiger partial charge in [-0.15, -0.1) is 0 Å². The Bertz CT molecular complexity index is 2690. The molecule has 2 nitrogen and oxygen atoms in total. The average molecular weight is 655 g/mol. The molecule has 0 radical (unpaired) electrons. The first-order valence-electron chi connectivity index (χ1n) is 16.5. The molecule has 9 rings (SSSR count). The standard InChI is InChI=1S/C45H29F3N2/c1-28-26-33(50-41-16-8-7-12-35(41)39-15-9-25-49-44(39)50)22-24-34(28)29-17-19-31(20-18-29)43-37-14-6-5-13-36(37)42(30-10-3-2-4-11-30)38-23-21-32(27-40(38)43)45(46,47)48/h2-27H,1H3. The smallest absolute Gasteiger partial charge is 0.294 e. The van der Waals surface area contributed by atoms with Gasteiger partial charge in [0.25, 0.3) is 0 Å². The SMILES string of the molecule is Cc1cc(-n2c3ccccc3c3cccnc32)ccc1-c1ccc(-c2c3ccccc3c(-c3ccccc3)c3ccc(C(F)(F)F)cc23)cc1. The third-order valence-electron chi connectivity index (χ3n) is 9.80. The highest BCUT2D eigenvalue weighted by Gasteiger charge is 2.31. The number of fused-ring (bicyclic) bond motifs is 5. The normalized spacial score (nSPS) is 12.0. The van der Waals surface area contributed by atoms with Crippen LogP contribution in [0.25, 0.3) is 82.5 Å². The highest BCUT2D eigenvalue weighted by atomic mass is 19.4. The summed E-state index contributed by atoms with van der Waals surface area (Å²) >= 11 is 0. The monoisotopic (exact) mass is 654 g/mol. The molecule has 0 fully saturated rings. The molecule has 0 N–H and O–H groups in total. The number of alkyl halides is 3. The fraction of sp³-hybridized carbons (Fsp3) is 0.0444. The van der Waals surface area contributed by atoms with Crippen LogP contribution in [-0.4, -0.2) is 9.55 Å². The molecule has 240 valence electrons. The van der Waals surface area contributed by atoms with E-state index in [-0.39, 0.29) is 0 Å². The molecule has 0 amide bonds. The first-order valence-corrected chi connectivity index (χ1v) is 16.5. The van der Waals surface area contributed by atoms with Gasteiger partial charge < -0.3 is 0 Å². The number of rotatable bonds is 4. The Hall–Kier alpha value is -6.20. The van der Waals surface area contributed by atoms with Gasteiger partial charge in [-0.05, 0) is 110 Å². The number of pyridine rings is 1. The Morgan fingerprint density at radius 3 is 1.82 bits per heavy atom. The summed E-state index contributed by atoms with van der Waals surface area (Å²) in [6.45, 7) is 2.11. The van der Waals surface area contributed by atoms with E-state index in [1.165, 1.54) is 12.1 Å². The molecule has 50 heavy (non-hydrogen) atoms. The molecule has 0 unspecified atom stereocenters. The molecular formula is C45H29F3N2. The highest BCUT2D eigenvalue weighted by molar-refractivity contribution is 6.21. The molecule has 9 aromatic rings. The third kappa shape index (κ3) is 4.77. The van der Waals surface area contributed by atoms with E-state index >= 15 is 0 Å². The lowest BCUT2D eigenvalue weighted by atomic mass is 9.85. The summed E-state index contributed by atoms with van der Waals surface area (Å²) in [5.74, 6) is 0. The maximum absolute atomic E-state index is 14.1. The fourth-order valence-corrected chi connectivity index (χ4v) is 7.57. The predicted molar refractivity (Wildman–Crippen MR) is 200 cm³/mol. The Morgan fingerprint density at radius 2 is 1.10 bits per heavy atom. The minimum absolute atomic E-state index is 0.574. The second kappa shape index (κ2) is 11.5. The number of para-hydroxylation sites is 1. The van der Waals surface area contributed by atoms with Crippen molar-refractivity contribution in [2.45, 2.75) is 13.1 Å². The van der Waals surface area contributed by atoms with E-state index in [0.717, 1.165) is 82.7 Å². The average Bonchev–Trinajstić information content (AvgIpc) is 3.48. The summed E-state index contributed by atoms with van der Waals surface area (Å²) in [5.41, 5.74) is 9.15. The summed E-state index contributed by atoms with van der Waals surface area (Å²) < 4.78 is 44.6. The van der Waals surface area contributed by atoms with Crippen LogP contribution in [0.15, 0.2) is 158 Å². The van der Waals surface area contributed by atoms with Gasteiger partial charge >= 0.3 is 6.18 Å². The van der Waals surface area contributed by atoms with Crippen LogP contribution in [0.1, 0.15) is 11.1 Å². The number of nitrogens with zero attached hydrogens (tertiary/aromatic N) is 2. The second-order valence-electron chi connectivity index (χ2n) is 12.7. The first kappa shape index (κ1) is 29.9. The van der Waals surface area contributed by atoms with E-state index in [1.54, 1.807) is 6.07 Å². The van der Waals surface area contributed by atoms with Crippen molar-refractivity contribution >= 4 is 43.5 Å². The van der Waals surface area contributed by atoms with Gasteiger partial charge in [0.1, 0.15) is 5.65 Å². The number of aromatic nitrogens is 2. The van der Waals surface area contributed by atoms with Crippen LogP contribution in [-0.2, 0) is 6.18 Å². The number of hydrogen-bond donors (Lipinski definition) is 0.